The highest BCUT2D eigenvalue weighted by atomic mass is 32.2. The number of benzene rings is 8. The summed E-state index contributed by atoms with van der Waals surface area (Å²) in [4.78, 5) is 27.9. The number of aryl methyl sites for hydroxylation is 3. The molecular formula is C75H72N6O13S5. The predicted octanol–water partition coefficient (Wildman–Crippen LogP) is 16.1. The summed E-state index contributed by atoms with van der Waals surface area (Å²) in [6.45, 7) is 12.6. The van der Waals surface area contributed by atoms with Crippen molar-refractivity contribution in [3.05, 3.63) is 281 Å². The molecular weight excluding hydrogens is 1350 g/mol. The lowest BCUT2D eigenvalue weighted by atomic mass is 9.92. The third-order valence-corrected chi connectivity index (χ3v) is 22.3. The van der Waals surface area contributed by atoms with Crippen molar-refractivity contribution < 1.29 is 62.3 Å². The van der Waals surface area contributed by atoms with E-state index < -0.39 is 39.3 Å². The molecule has 4 aromatic heterocycles. The second-order valence-electron chi connectivity index (χ2n) is 23.6. The van der Waals surface area contributed by atoms with Crippen LogP contribution >= 0.6 is 24.1 Å². The minimum atomic E-state index is -4.25. The van der Waals surface area contributed by atoms with Crippen molar-refractivity contribution in [2.45, 2.75) is 72.6 Å². The quantitative estimate of drug-likeness (QED) is 0.0239. The Balaban J connectivity index is 0.000000186. The van der Waals surface area contributed by atoms with Crippen molar-refractivity contribution in [1.29, 1.82) is 0 Å². The van der Waals surface area contributed by atoms with E-state index in [0.29, 0.717) is 34.6 Å². The third kappa shape index (κ3) is 19.1. The van der Waals surface area contributed by atoms with Gasteiger partial charge >= 0.3 is 11.7 Å². The van der Waals surface area contributed by atoms with Crippen molar-refractivity contribution in [3.63, 3.8) is 0 Å². The van der Waals surface area contributed by atoms with Crippen molar-refractivity contribution in [2.75, 3.05) is 26.7 Å². The van der Waals surface area contributed by atoms with Gasteiger partial charge in [0, 0.05) is 69.1 Å². The van der Waals surface area contributed by atoms with Gasteiger partial charge < -0.3 is 9.08 Å². The molecule has 0 saturated carbocycles. The number of rotatable bonds is 19. The summed E-state index contributed by atoms with van der Waals surface area (Å²) in [5.74, 6) is 2.10. The number of nitrogens with one attached hydrogen (secondary N) is 1. The largest absolute Gasteiger partial charge is 0.744 e. The summed E-state index contributed by atoms with van der Waals surface area (Å²) in [6, 6.07) is 64.3. The van der Waals surface area contributed by atoms with Gasteiger partial charge in [-0.1, -0.05) is 132 Å². The Kier molecular flexibility index (Phi) is 24.3. The molecule has 12 rings (SSSR count). The Labute approximate surface area is 585 Å². The summed E-state index contributed by atoms with van der Waals surface area (Å²) in [6.07, 6.45) is 10.0. The highest BCUT2D eigenvalue weighted by Gasteiger charge is 2.35. The first kappa shape index (κ1) is 73.9. The van der Waals surface area contributed by atoms with E-state index in [0.717, 1.165) is 111 Å². The molecule has 19 nitrogen and oxygen atoms in total. The molecule has 0 fully saturated rings. The van der Waals surface area contributed by atoms with Crippen LogP contribution in [-0.2, 0) is 57.7 Å². The monoisotopic (exact) mass is 1420 g/mol. The highest BCUT2D eigenvalue weighted by Crippen LogP contribution is 2.40. The number of fused-ring (bicyclic) bond motifs is 2. The first-order chi connectivity index (χ1) is 47.1. The smallest absolute Gasteiger partial charge is 0.346 e. The topological polar surface area (TPSA) is 267 Å². The van der Waals surface area contributed by atoms with Gasteiger partial charge in [0.05, 0.1) is 69.3 Å². The van der Waals surface area contributed by atoms with Crippen LogP contribution < -0.4 is 4.98 Å². The summed E-state index contributed by atoms with van der Waals surface area (Å²) >= 11 is 2.23. The van der Waals surface area contributed by atoms with Crippen LogP contribution in [0.25, 0.3) is 67.4 Å². The summed E-state index contributed by atoms with van der Waals surface area (Å²) in [5, 5.41) is 9.78. The van der Waals surface area contributed by atoms with E-state index in [1.165, 1.54) is 56.6 Å². The molecule has 0 atom stereocenters. The minimum Gasteiger partial charge on any atom is -0.744 e. The molecule has 24 heteroatoms. The minimum absolute atomic E-state index is 0.185. The second-order valence-corrected chi connectivity index (χ2v) is 31.7. The molecule has 8 aromatic carbocycles. The van der Waals surface area contributed by atoms with E-state index in [-0.39, 0.29) is 4.90 Å². The van der Waals surface area contributed by atoms with Gasteiger partial charge in [0.25, 0.3) is 5.89 Å². The number of hydrogen-bond acceptors (Lipinski definition) is 20. The van der Waals surface area contributed by atoms with Gasteiger partial charge in [-0.3, -0.25) is 9.97 Å². The zero-order valence-corrected chi connectivity index (χ0v) is 60.1. The number of hydrogen-bond donors (Lipinski definition) is 0. The summed E-state index contributed by atoms with van der Waals surface area (Å²) < 4.78 is 101. The zero-order chi connectivity index (χ0) is 71.1. The van der Waals surface area contributed by atoms with Gasteiger partial charge in [0.15, 0.2) is 30.7 Å². The summed E-state index contributed by atoms with van der Waals surface area (Å²) in [5.41, 5.74) is 13.0. The standard InChI is InChI=1S/2C31H29N3O5S2.C7H8.C6H6O3S/c2*1-20-33-30(38-34-20)28(22-11-13-26(14-12-22)40-39-37-4)17-21-8-6-9-23(16-21)27-19-25(31(2,3)41(5,35)36)18-24-10-7-15-32-29(24)27;1-7-5-3-2-4-6-7;7-10(8,9)6-4-2-1-3-5-6/h2*6-19H,1-5H3;2-6H,1H3;1-5H,(H,7,8,9)/b2*28-17+;;. The third-order valence-electron chi connectivity index (χ3n) is 15.9. The Bertz CT molecular complexity index is 4910. The average molecular weight is 1430 g/mol. The molecule has 0 amide bonds. The van der Waals surface area contributed by atoms with E-state index >= 15 is 0 Å². The molecule has 1 N–H and O–H groups in total. The maximum Gasteiger partial charge on any atom is 0.346 e. The number of aromatic nitrogens is 6. The van der Waals surface area contributed by atoms with E-state index in [4.69, 9.17) is 17.7 Å². The highest BCUT2D eigenvalue weighted by molar-refractivity contribution is 7.94. The van der Waals surface area contributed by atoms with E-state index in [1.54, 1.807) is 53.1 Å². The predicted molar refractivity (Wildman–Crippen MR) is 387 cm³/mol. The second kappa shape index (κ2) is 32.6. The van der Waals surface area contributed by atoms with Crippen LogP contribution in [0.5, 0.6) is 0 Å². The van der Waals surface area contributed by atoms with Crippen molar-refractivity contribution in [1.82, 2.24) is 25.3 Å². The lowest BCUT2D eigenvalue weighted by molar-refractivity contribution is -0.397. The molecule has 99 heavy (non-hydrogen) atoms. The van der Waals surface area contributed by atoms with Crippen LogP contribution in [0.1, 0.15) is 90.1 Å². The zero-order valence-electron chi connectivity index (χ0n) is 56.0. The molecule has 0 radical (unpaired) electrons. The molecule has 0 aliphatic rings. The maximum absolute atomic E-state index is 12.7. The first-order valence-electron chi connectivity index (χ1n) is 30.6. The van der Waals surface area contributed by atoms with Gasteiger partial charge in [-0.05, 0) is 183 Å². The molecule has 0 aliphatic heterocycles. The van der Waals surface area contributed by atoms with Crippen LogP contribution in [0.4, 0.5) is 0 Å². The number of sulfone groups is 2. The van der Waals surface area contributed by atoms with Crippen LogP contribution in [0.15, 0.2) is 242 Å². The Morgan fingerprint density at radius 2 is 0.970 bits per heavy atom. The average Bonchev–Trinajstić information content (AvgIpc) is 1.42. The number of nitrogens with zero attached hydrogens (tertiary/aromatic N) is 5. The molecule has 510 valence electrons. The van der Waals surface area contributed by atoms with E-state index in [9.17, 15) is 29.8 Å². The molecule has 0 spiro atoms. The maximum atomic E-state index is 12.7. The fraction of sp³-hybridized carbons (Fsp3) is 0.173. The molecule has 4 heterocycles. The molecule has 0 unspecified atom stereocenters. The number of aromatic amines is 1. The molecule has 12 aromatic rings. The Morgan fingerprint density at radius 1 is 0.515 bits per heavy atom. The molecule has 0 saturated heterocycles. The molecule has 0 aliphatic carbocycles. The fourth-order valence-corrected chi connectivity index (χ4v) is 12.3. The van der Waals surface area contributed by atoms with Crippen molar-refractivity contribution >= 4 is 99.0 Å². The van der Waals surface area contributed by atoms with Gasteiger partial charge in [0.1, 0.15) is 10.1 Å². The van der Waals surface area contributed by atoms with Crippen LogP contribution in [-0.4, -0.2) is 81.8 Å². The first-order valence-corrected chi connectivity index (χ1v) is 37.3. The SMILES string of the molecule is COOSc1ccc(/C(=C\c2cccc(-c3cc(C(C)(C)S(C)(=O)=O)cc4cccnc34)c2)c2[nH+]c(C)no2)cc1.COOSc1ccc(/C(=C\c2cccc(-c3cc(C(C)(C)S(C)(=O)=O)cc4cccnc34)c2)c2nc(C)no2)cc1.Cc1ccccc1.O=S(=O)([O-])c1ccccc1. The van der Waals surface area contributed by atoms with Crippen molar-refractivity contribution in [2.24, 2.45) is 0 Å². The van der Waals surface area contributed by atoms with Crippen LogP contribution in [0.3, 0.4) is 0 Å². The van der Waals surface area contributed by atoms with Crippen LogP contribution in [0, 0.1) is 20.8 Å². The number of pyridine rings is 2. The van der Waals surface area contributed by atoms with Gasteiger partial charge in [-0.2, -0.15) is 13.7 Å². The lowest BCUT2D eigenvalue weighted by Gasteiger charge is -2.24. The lowest BCUT2D eigenvalue weighted by Crippen LogP contribution is -2.28. The van der Waals surface area contributed by atoms with Crippen LogP contribution in [0.2, 0.25) is 0 Å². The van der Waals surface area contributed by atoms with Gasteiger partial charge in [-0.25, -0.2) is 44.5 Å². The Morgan fingerprint density at radius 3 is 1.35 bits per heavy atom. The van der Waals surface area contributed by atoms with E-state index in [2.05, 4.69) is 65.1 Å². The van der Waals surface area contributed by atoms with Crippen molar-refractivity contribution in [3.8, 4) is 22.3 Å². The Hall–Kier alpha value is -9.31. The van der Waals surface area contributed by atoms with Gasteiger partial charge in [-0.15, -0.1) is 0 Å². The summed E-state index contributed by atoms with van der Waals surface area (Å²) in [7, 11) is -8.11. The van der Waals surface area contributed by atoms with E-state index in [1.807, 2.05) is 177 Å². The molecule has 0 bridgehead atoms. The van der Waals surface area contributed by atoms with Gasteiger partial charge in [0.2, 0.25) is 0 Å². The fourth-order valence-electron chi connectivity index (χ4n) is 9.92. The normalized spacial score (nSPS) is 12.2. The number of H-pyrrole nitrogens is 1.